The number of amides is 1. The summed E-state index contributed by atoms with van der Waals surface area (Å²) in [7, 11) is 0. The highest BCUT2D eigenvalue weighted by molar-refractivity contribution is 6.30. The Balaban J connectivity index is 1.74. The summed E-state index contributed by atoms with van der Waals surface area (Å²) < 4.78 is 18.9. The average molecular weight is 308 g/mol. The van der Waals surface area contributed by atoms with E-state index in [1.54, 1.807) is 0 Å². The Labute approximate surface area is 127 Å². The lowest BCUT2D eigenvalue weighted by Crippen LogP contribution is -2.24. The van der Waals surface area contributed by atoms with Gasteiger partial charge in [0.05, 0.1) is 13.0 Å². The molecule has 0 unspecified atom stereocenters. The third kappa shape index (κ3) is 5.08. The normalized spacial score (nSPS) is 10.2. The molecule has 3 nitrogen and oxygen atoms in total. The first-order valence-electron chi connectivity index (χ1n) is 6.53. The Morgan fingerprint density at radius 1 is 1.19 bits per heavy atom. The minimum absolute atomic E-state index is 0.108. The fourth-order valence-electron chi connectivity index (χ4n) is 1.74. The molecule has 0 aliphatic carbocycles. The van der Waals surface area contributed by atoms with E-state index < -0.39 is 0 Å². The van der Waals surface area contributed by atoms with Crippen molar-refractivity contribution >= 4 is 17.5 Å². The predicted octanol–water partition coefficient (Wildman–Crippen LogP) is 3.56. The van der Waals surface area contributed by atoms with E-state index in [-0.39, 0.29) is 31.3 Å². The zero-order valence-corrected chi connectivity index (χ0v) is 12.1. The van der Waals surface area contributed by atoms with E-state index in [1.165, 1.54) is 18.2 Å². The Morgan fingerprint density at radius 2 is 1.95 bits per heavy atom. The molecule has 110 valence electrons. The van der Waals surface area contributed by atoms with Gasteiger partial charge in [0, 0.05) is 17.1 Å². The van der Waals surface area contributed by atoms with Crippen molar-refractivity contribution in [1.82, 2.24) is 5.32 Å². The molecule has 0 aliphatic rings. The molecule has 0 saturated heterocycles. The molecule has 0 radical (unpaired) electrons. The lowest BCUT2D eigenvalue weighted by atomic mass is 10.2. The predicted molar refractivity (Wildman–Crippen MR) is 79.8 cm³/mol. The SMILES string of the molecule is O=C(CCOc1ccccc1)NCc1cc(Cl)ccc1F. The lowest BCUT2D eigenvalue weighted by Gasteiger charge is -2.08. The van der Waals surface area contributed by atoms with Crippen LogP contribution in [-0.4, -0.2) is 12.5 Å². The summed E-state index contributed by atoms with van der Waals surface area (Å²) in [5.74, 6) is 0.122. The van der Waals surface area contributed by atoms with Crippen LogP contribution >= 0.6 is 11.6 Å². The van der Waals surface area contributed by atoms with Crippen molar-refractivity contribution < 1.29 is 13.9 Å². The van der Waals surface area contributed by atoms with Crippen LogP contribution in [-0.2, 0) is 11.3 Å². The van der Waals surface area contributed by atoms with Crippen LogP contribution in [0.25, 0.3) is 0 Å². The van der Waals surface area contributed by atoms with Gasteiger partial charge in [-0.25, -0.2) is 4.39 Å². The molecule has 0 atom stereocenters. The van der Waals surface area contributed by atoms with E-state index in [2.05, 4.69) is 5.32 Å². The highest BCUT2D eigenvalue weighted by atomic mass is 35.5. The molecule has 0 aliphatic heterocycles. The Hall–Kier alpha value is -2.07. The van der Waals surface area contributed by atoms with E-state index >= 15 is 0 Å². The molecule has 1 N–H and O–H groups in total. The minimum atomic E-state index is -0.389. The Kier molecular flexibility index (Phi) is 5.58. The van der Waals surface area contributed by atoms with E-state index in [1.807, 2.05) is 30.3 Å². The first-order chi connectivity index (χ1) is 10.1. The van der Waals surface area contributed by atoms with Crippen LogP contribution in [0.15, 0.2) is 48.5 Å². The first kappa shape index (κ1) is 15.3. The van der Waals surface area contributed by atoms with Crippen molar-refractivity contribution in [3.05, 3.63) is 64.9 Å². The summed E-state index contributed by atoms with van der Waals surface area (Å²) in [6.07, 6.45) is 0.205. The van der Waals surface area contributed by atoms with Crippen LogP contribution in [0.1, 0.15) is 12.0 Å². The van der Waals surface area contributed by atoms with Crippen LogP contribution in [0, 0.1) is 5.82 Å². The van der Waals surface area contributed by atoms with E-state index in [4.69, 9.17) is 16.3 Å². The van der Waals surface area contributed by atoms with E-state index in [0.29, 0.717) is 16.3 Å². The maximum atomic E-state index is 13.5. The number of halogens is 2. The molecule has 21 heavy (non-hydrogen) atoms. The number of hydrogen-bond acceptors (Lipinski definition) is 2. The molecule has 2 aromatic rings. The van der Waals surface area contributed by atoms with Crippen LogP contribution in [0.5, 0.6) is 5.75 Å². The number of para-hydroxylation sites is 1. The van der Waals surface area contributed by atoms with Gasteiger partial charge in [-0.05, 0) is 30.3 Å². The second kappa shape index (κ2) is 7.64. The molecule has 2 rings (SSSR count). The number of carbonyl (C=O) groups is 1. The standard InChI is InChI=1S/C16H15ClFNO2/c17-13-6-7-15(18)12(10-13)11-19-16(20)8-9-21-14-4-2-1-3-5-14/h1-7,10H,8-9,11H2,(H,19,20). The maximum absolute atomic E-state index is 13.5. The van der Waals surface area contributed by atoms with Crippen molar-refractivity contribution in [1.29, 1.82) is 0 Å². The number of nitrogens with one attached hydrogen (secondary N) is 1. The molecule has 0 fully saturated rings. The van der Waals surface area contributed by atoms with Gasteiger partial charge in [-0.15, -0.1) is 0 Å². The van der Waals surface area contributed by atoms with Crippen LogP contribution < -0.4 is 10.1 Å². The first-order valence-corrected chi connectivity index (χ1v) is 6.91. The summed E-state index contributed by atoms with van der Waals surface area (Å²) in [6.45, 7) is 0.379. The molecule has 0 heterocycles. The second-order valence-corrected chi connectivity index (χ2v) is 4.86. The van der Waals surface area contributed by atoms with Gasteiger partial charge in [-0.3, -0.25) is 4.79 Å². The molecule has 0 bridgehead atoms. The lowest BCUT2D eigenvalue weighted by molar-refractivity contribution is -0.121. The number of rotatable bonds is 6. The van der Waals surface area contributed by atoms with Gasteiger partial charge in [-0.2, -0.15) is 0 Å². The molecule has 0 aromatic heterocycles. The second-order valence-electron chi connectivity index (χ2n) is 4.42. The van der Waals surface area contributed by atoms with Crippen molar-refractivity contribution in [2.75, 3.05) is 6.61 Å². The zero-order chi connectivity index (χ0) is 15.1. The van der Waals surface area contributed by atoms with Crippen molar-refractivity contribution in [3.63, 3.8) is 0 Å². The number of hydrogen-bond donors (Lipinski definition) is 1. The van der Waals surface area contributed by atoms with Gasteiger partial charge >= 0.3 is 0 Å². The molecule has 0 spiro atoms. The van der Waals surface area contributed by atoms with Gasteiger partial charge in [-0.1, -0.05) is 29.8 Å². The molecule has 1 amide bonds. The number of ether oxygens (including phenoxy) is 1. The zero-order valence-electron chi connectivity index (χ0n) is 11.3. The summed E-state index contributed by atoms with van der Waals surface area (Å²) >= 11 is 5.78. The fourth-order valence-corrected chi connectivity index (χ4v) is 1.93. The van der Waals surface area contributed by atoms with Crippen LogP contribution in [0.4, 0.5) is 4.39 Å². The van der Waals surface area contributed by atoms with Crippen molar-refractivity contribution in [3.8, 4) is 5.75 Å². The van der Waals surface area contributed by atoms with E-state index in [9.17, 15) is 9.18 Å². The van der Waals surface area contributed by atoms with Gasteiger partial charge in [0.25, 0.3) is 0 Å². The van der Waals surface area contributed by atoms with Crippen LogP contribution in [0.3, 0.4) is 0 Å². The van der Waals surface area contributed by atoms with Crippen molar-refractivity contribution in [2.45, 2.75) is 13.0 Å². The summed E-state index contributed by atoms with van der Waals surface area (Å²) in [4.78, 5) is 11.7. The highest BCUT2D eigenvalue weighted by Crippen LogP contribution is 2.14. The monoisotopic (exact) mass is 307 g/mol. The van der Waals surface area contributed by atoms with Gasteiger partial charge < -0.3 is 10.1 Å². The van der Waals surface area contributed by atoms with Gasteiger partial charge in [0.15, 0.2) is 0 Å². The molecular weight excluding hydrogens is 293 g/mol. The van der Waals surface area contributed by atoms with Crippen molar-refractivity contribution in [2.24, 2.45) is 0 Å². The number of carbonyl (C=O) groups excluding carboxylic acids is 1. The highest BCUT2D eigenvalue weighted by Gasteiger charge is 2.06. The third-order valence-corrected chi connectivity index (χ3v) is 3.06. The Bertz CT molecular complexity index is 604. The van der Waals surface area contributed by atoms with Gasteiger partial charge in [0.2, 0.25) is 5.91 Å². The quantitative estimate of drug-likeness (QED) is 0.886. The summed E-state index contributed by atoms with van der Waals surface area (Å²) in [6, 6.07) is 13.5. The van der Waals surface area contributed by atoms with Crippen LogP contribution in [0.2, 0.25) is 5.02 Å². The average Bonchev–Trinajstić information content (AvgIpc) is 2.49. The molecule has 5 heteroatoms. The Morgan fingerprint density at radius 3 is 2.71 bits per heavy atom. The summed E-state index contributed by atoms with van der Waals surface area (Å²) in [5, 5.41) is 3.07. The van der Waals surface area contributed by atoms with E-state index in [0.717, 1.165) is 0 Å². The fraction of sp³-hybridized carbons (Fsp3) is 0.188. The third-order valence-electron chi connectivity index (χ3n) is 2.82. The maximum Gasteiger partial charge on any atom is 0.223 e. The molecule has 0 saturated carbocycles. The smallest absolute Gasteiger partial charge is 0.223 e. The minimum Gasteiger partial charge on any atom is -0.493 e. The largest absolute Gasteiger partial charge is 0.493 e. The van der Waals surface area contributed by atoms with Gasteiger partial charge in [0.1, 0.15) is 11.6 Å². The summed E-state index contributed by atoms with van der Waals surface area (Å²) in [5.41, 5.74) is 0.361. The topological polar surface area (TPSA) is 38.3 Å². The molecular formula is C16H15ClFNO2. The molecule has 2 aromatic carbocycles. The number of benzene rings is 2.